The average molecular weight is 291 g/mol. The van der Waals surface area contributed by atoms with E-state index in [1.54, 1.807) is 0 Å². The molecule has 0 spiro atoms. The van der Waals surface area contributed by atoms with Crippen molar-refractivity contribution >= 4 is 11.8 Å². The highest BCUT2D eigenvalue weighted by Crippen LogP contribution is 2.31. The highest BCUT2D eigenvalue weighted by Gasteiger charge is 2.41. The van der Waals surface area contributed by atoms with Crippen molar-refractivity contribution < 1.29 is 25.7 Å². The maximum atomic E-state index is 13.0. The number of halogens is 4. The lowest BCUT2D eigenvalue weighted by atomic mass is 9.98. The highest BCUT2D eigenvalue weighted by atomic mass is 35.5. The summed E-state index contributed by atoms with van der Waals surface area (Å²) in [5.41, 5.74) is -0.136. The lowest BCUT2D eigenvalue weighted by Gasteiger charge is -2.41. The fourth-order valence-electron chi connectivity index (χ4n) is 1.92. The second-order valence-corrected chi connectivity index (χ2v) is 6.06. The van der Waals surface area contributed by atoms with Gasteiger partial charge in [-0.05, 0) is 25.6 Å². The Morgan fingerprint density at radius 2 is 1.76 bits per heavy atom. The van der Waals surface area contributed by atoms with E-state index in [0.29, 0.717) is 13.1 Å². The maximum absolute atomic E-state index is 13.0. The molecule has 1 saturated heterocycles. The fraction of sp³-hybridized carbons (Fsp3) is 1.00. The lowest BCUT2D eigenvalue weighted by Crippen LogP contribution is -3.00. The van der Waals surface area contributed by atoms with Gasteiger partial charge in [-0.2, -0.15) is 0 Å². The monoisotopic (exact) mass is 290 g/mol. The molecule has 104 valence electrons. The van der Waals surface area contributed by atoms with E-state index >= 15 is 0 Å². The molecule has 2 nitrogen and oxygen atoms in total. The summed E-state index contributed by atoms with van der Waals surface area (Å²) in [6.45, 7) is 6.05. The van der Waals surface area contributed by atoms with E-state index in [1.165, 1.54) is 0 Å². The highest BCUT2D eigenvalue weighted by molar-refractivity contribution is 6.13. The molecular weight excluding hydrogens is 269 g/mol. The van der Waals surface area contributed by atoms with Crippen molar-refractivity contribution in [1.82, 2.24) is 4.84 Å². The number of hydrogen-bond acceptors (Lipinski definition) is 1. The smallest absolute Gasteiger partial charge is 0.258 e. The van der Waals surface area contributed by atoms with E-state index in [9.17, 15) is 8.78 Å². The van der Waals surface area contributed by atoms with Gasteiger partial charge in [0.15, 0.2) is 0 Å². The minimum Gasteiger partial charge on any atom is -1.00 e. The number of likely N-dealkylation sites (tertiary alicyclic amines) is 1. The van der Waals surface area contributed by atoms with Crippen LogP contribution in [0.15, 0.2) is 0 Å². The Balaban J connectivity index is 0.00000256. The van der Waals surface area contributed by atoms with Gasteiger partial charge in [0, 0.05) is 12.0 Å². The van der Waals surface area contributed by atoms with E-state index in [4.69, 9.17) is 11.8 Å². The molecule has 6 heteroatoms. The first-order valence-corrected chi connectivity index (χ1v) is 6.15. The molecule has 0 bridgehead atoms. The molecule has 0 radical (unpaired) electrons. The van der Waals surface area contributed by atoms with Crippen molar-refractivity contribution in [2.45, 2.75) is 44.6 Å². The van der Waals surface area contributed by atoms with Crippen molar-refractivity contribution in [3.05, 3.63) is 0 Å². The molecule has 1 N–H and O–H groups in total. The number of rotatable bonds is 4. The molecular formula is C11H22Cl2F2N2. The minimum atomic E-state index is -2.45. The molecule has 0 atom stereocenters. The molecule has 0 aromatic rings. The molecule has 17 heavy (non-hydrogen) atoms. The van der Waals surface area contributed by atoms with Gasteiger partial charge in [0.2, 0.25) is 0 Å². The number of piperidine rings is 1. The second kappa shape index (κ2) is 6.00. The third kappa shape index (κ3) is 5.69. The van der Waals surface area contributed by atoms with E-state index < -0.39 is 5.92 Å². The summed E-state index contributed by atoms with van der Waals surface area (Å²) < 4.78 is 26.8. The van der Waals surface area contributed by atoms with Crippen LogP contribution in [0.5, 0.6) is 0 Å². The van der Waals surface area contributed by atoms with E-state index in [0.717, 1.165) is 17.4 Å². The third-order valence-corrected chi connectivity index (χ3v) is 4.08. The Kier molecular flexibility index (Phi) is 6.13. The first-order chi connectivity index (χ1) is 7.18. The predicted octanol–water partition coefficient (Wildman–Crippen LogP) is -0.222. The molecule has 1 heterocycles. The van der Waals surface area contributed by atoms with Crippen LogP contribution in [0.1, 0.15) is 33.1 Å². The van der Waals surface area contributed by atoms with Gasteiger partial charge >= 0.3 is 0 Å². The number of hydrogen-bond donors (Lipinski definition) is 1. The molecule has 1 fully saturated rings. The van der Waals surface area contributed by atoms with Crippen molar-refractivity contribution in [2.24, 2.45) is 0 Å². The summed E-state index contributed by atoms with van der Waals surface area (Å²) in [4.78, 5) is 2.73. The normalized spacial score (nSPS) is 22.9. The Labute approximate surface area is 114 Å². The Morgan fingerprint density at radius 1 is 1.29 bits per heavy atom. The van der Waals surface area contributed by atoms with Crippen molar-refractivity contribution in [3.8, 4) is 0 Å². The summed E-state index contributed by atoms with van der Waals surface area (Å²) in [5, 5.41) is 0. The largest absolute Gasteiger partial charge is 1.00 e. The summed E-state index contributed by atoms with van der Waals surface area (Å²) in [7, 11) is 2.06. The van der Waals surface area contributed by atoms with Crippen LogP contribution in [0.25, 0.3) is 0 Å². The van der Waals surface area contributed by atoms with Crippen LogP contribution in [0.3, 0.4) is 0 Å². The van der Waals surface area contributed by atoms with Gasteiger partial charge in [0.1, 0.15) is 0 Å². The SMILES string of the molecule is CC(C)(CC[N+]1(C)CCC(F)(F)CC1)NCl.[Cl-]. The Bertz CT molecular complexity index is 238. The van der Waals surface area contributed by atoms with Crippen LogP contribution in [0.2, 0.25) is 0 Å². The molecule has 1 aliphatic rings. The lowest BCUT2D eigenvalue weighted by molar-refractivity contribution is -0.917. The first kappa shape index (κ1) is 17.4. The van der Waals surface area contributed by atoms with Crippen LogP contribution in [-0.2, 0) is 0 Å². The standard InChI is InChI=1S/C11H22ClF2N2.ClH/c1-10(2,15-12)4-7-16(3)8-5-11(13,14)6-9-16;/h15H,4-9H2,1-3H3;1H/q+1;/p-1. The van der Waals surface area contributed by atoms with Gasteiger partial charge in [-0.25, -0.2) is 13.6 Å². The van der Waals surface area contributed by atoms with Crippen LogP contribution >= 0.6 is 11.8 Å². The maximum Gasteiger partial charge on any atom is 0.258 e. The molecule has 0 aliphatic carbocycles. The molecule has 0 saturated carbocycles. The number of quaternary nitrogens is 1. The fourth-order valence-corrected chi connectivity index (χ4v) is 2.02. The zero-order chi connectivity index (χ0) is 12.4. The van der Waals surface area contributed by atoms with Crippen molar-refractivity contribution in [1.29, 1.82) is 0 Å². The number of nitrogens with zero attached hydrogens (tertiary/aromatic N) is 1. The summed E-state index contributed by atoms with van der Waals surface area (Å²) in [5.74, 6) is -2.45. The molecule has 0 aromatic heterocycles. The molecule has 1 rings (SSSR count). The zero-order valence-corrected chi connectivity index (χ0v) is 12.2. The van der Waals surface area contributed by atoms with Crippen LogP contribution in [-0.4, -0.2) is 42.6 Å². The van der Waals surface area contributed by atoms with Gasteiger partial charge in [0.25, 0.3) is 5.92 Å². The third-order valence-electron chi connectivity index (χ3n) is 3.57. The summed E-state index contributed by atoms with van der Waals surface area (Å²) in [6, 6.07) is 0. The van der Waals surface area contributed by atoms with Crippen LogP contribution in [0, 0.1) is 0 Å². The average Bonchev–Trinajstić information content (AvgIpc) is 2.21. The topological polar surface area (TPSA) is 12.0 Å². The van der Waals surface area contributed by atoms with Crippen LogP contribution in [0.4, 0.5) is 8.78 Å². The van der Waals surface area contributed by atoms with Gasteiger partial charge in [-0.1, -0.05) is 0 Å². The van der Waals surface area contributed by atoms with Crippen LogP contribution < -0.4 is 17.2 Å². The van der Waals surface area contributed by atoms with Crippen molar-refractivity contribution in [2.75, 3.05) is 26.7 Å². The minimum absolute atomic E-state index is 0. The van der Waals surface area contributed by atoms with Crippen molar-refractivity contribution in [3.63, 3.8) is 0 Å². The van der Waals surface area contributed by atoms with E-state index in [1.807, 2.05) is 13.8 Å². The zero-order valence-electron chi connectivity index (χ0n) is 10.7. The molecule has 0 amide bonds. The number of nitrogens with one attached hydrogen (secondary N) is 1. The molecule has 0 unspecified atom stereocenters. The predicted molar refractivity (Wildman–Crippen MR) is 62.7 cm³/mol. The van der Waals surface area contributed by atoms with E-state index in [-0.39, 0.29) is 30.8 Å². The Hall–Kier alpha value is 0.360. The summed E-state index contributed by atoms with van der Waals surface area (Å²) in [6.07, 6.45) is 0.912. The van der Waals surface area contributed by atoms with Gasteiger partial charge in [-0.3, -0.25) is 0 Å². The van der Waals surface area contributed by atoms with Gasteiger partial charge < -0.3 is 16.9 Å². The Morgan fingerprint density at radius 3 is 2.18 bits per heavy atom. The van der Waals surface area contributed by atoms with Gasteiger partial charge in [0.05, 0.1) is 39.5 Å². The molecule has 1 aliphatic heterocycles. The summed E-state index contributed by atoms with van der Waals surface area (Å²) >= 11 is 5.62. The first-order valence-electron chi connectivity index (χ1n) is 5.77. The molecule has 0 aromatic carbocycles. The second-order valence-electron chi connectivity index (χ2n) is 5.87. The quantitative estimate of drug-likeness (QED) is 0.558. The van der Waals surface area contributed by atoms with E-state index in [2.05, 4.69) is 11.9 Å². The number of alkyl halides is 2. The van der Waals surface area contributed by atoms with Gasteiger partial charge in [-0.15, -0.1) is 0 Å².